The van der Waals surface area contributed by atoms with E-state index in [1.165, 1.54) is 5.56 Å². The highest BCUT2D eigenvalue weighted by molar-refractivity contribution is 7.98. The minimum Gasteiger partial charge on any atom is -0.241 e. The van der Waals surface area contributed by atoms with Crippen LogP contribution in [0.5, 0.6) is 0 Å². The topological polar surface area (TPSA) is 12.9 Å². The highest BCUT2D eigenvalue weighted by Crippen LogP contribution is 2.16. The minimum absolute atomic E-state index is 0.581. The second kappa shape index (κ2) is 4.73. The van der Waals surface area contributed by atoms with Crippen molar-refractivity contribution >= 4 is 23.4 Å². The number of hydrogen-bond acceptors (Lipinski definition) is 2. The number of halogens is 1. The van der Waals surface area contributed by atoms with Gasteiger partial charge in [-0.2, -0.15) is 11.8 Å². The summed E-state index contributed by atoms with van der Waals surface area (Å²) in [7, 11) is 0. The highest BCUT2D eigenvalue weighted by Gasteiger charge is 1.99. The van der Waals surface area contributed by atoms with Crippen LogP contribution >= 0.6 is 23.4 Å². The summed E-state index contributed by atoms with van der Waals surface area (Å²) in [6.45, 7) is 4.15. The van der Waals surface area contributed by atoms with Gasteiger partial charge in [0.1, 0.15) is 5.15 Å². The molecule has 0 aliphatic rings. The van der Waals surface area contributed by atoms with Crippen LogP contribution in [0.4, 0.5) is 0 Å². The van der Waals surface area contributed by atoms with Gasteiger partial charge >= 0.3 is 0 Å². The lowest BCUT2D eigenvalue weighted by molar-refractivity contribution is 1.14. The standard InChI is InChI=1S/C9H12ClNS/c1-3-12-6-8-4-5-9(10)11-7(8)2/h4-5H,3,6H2,1-2H3. The van der Waals surface area contributed by atoms with Gasteiger partial charge in [-0.05, 0) is 24.3 Å². The molecule has 1 heterocycles. The SMILES string of the molecule is CCSCc1ccc(Cl)nc1C. The van der Waals surface area contributed by atoms with Crippen LogP contribution < -0.4 is 0 Å². The van der Waals surface area contributed by atoms with Crippen molar-refractivity contribution in [2.24, 2.45) is 0 Å². The Bertz CT molecular complexity index is 263. The van der Waals surface area contributed by atoms with Gasteiger partial charge in [0.2, 0.25) is 0 Å². The van der Waals surface area contributed by atoms with Crippen molar-refractivity contribution < 1.29 is 0 Å². The van der Waals surface area contributed by atoms with Crippen molar-refractivity contribution in [3.8, 4) is 0 Å². The number of hydrogen-bond donors (Lipinski definition) is 0. The summed E-state index contributed by atoms with van der Waals surface area (Å²) >= 11 is 7.63. The first-order valence-corrected chi connectivity index (χ1v) is 5.47. The molecule has 1 rings (SSSR count). The molecule has 66 valence electrons. The third-order valence-corrected chi connectivity index (χ3v) is 2.76. The van der Waals surface area contributed by atoms with E-state index in [2.05, 4.69) is 11.9 Å². The average Bonchev–Trinajstić information content (AvgIpc) is 2.03. The molecule has 0 aliphatic carbocycles. The largest absolute Gasteiger partial charge is 0.241 e. The van der Waals surface area contributed by atoms with E-state index in [1.54, 1.807) is 0 Å². The minimum atomic E-state index is 0.581. The Hall–Kier alpha value is -0.210. The van der Waals surface area contributed by atoms with Crippen molar-refractivity contribution in [2.45, 2.75) is 19.6 Å². The molecule has 0 atom stereocenters. The third kappa shape index (κ3) is 2.68. The molecular formula is C9H12ClNS. The Morgan fingerprint density at radius 1 is 1.50 bits per heavy atom. The first-order chi connectivity index (χ1) is 5.74. The van der Waals surface area contributed by atoms with Crippen LogP contribution in [0.2, 0.25) is 5.15 Å². The predicted octanol–water partition coefficient (Wildman–Crippen LogP) is 3.30. The molecule has 12 heavy (non-hydrogen) atoms. The normalized spacial score (nSPS) is 10.2. The lowest BCUT2D eigenvalue weighted by atomic mass is 10.2. The van der Waals surface area contributed by atoms with E-state index in [9.17, 15) is 0 Å². The van der Waals surface area contributed by atoms with Crippen LogP contribution in [-0.4, -0.2) is 10.7 Å². The van der Waals surface area contributed by atoms with Gasteiger partial charge in [-0.3, -0.25) is 0 Å². The fourth-order valence-corrected chi connectivity index (χ4v) is 1.84. The van der Waals surface area contributed by atoms with Crippen molar-refractivity contribution in [2.75, 3.05) is 5.75 Å². The fraction of sp³-hybridized carbons (Fsp3) is 0.444. The average molecular weight is 202 g/mol. The quantitative estimate of drug-likeness (QED) is 0.697. The smallest absolute Gasteiger partial charge is 0.129 e. The molecule has 0 amide bonds. The number of aryl methyl sites for hydroxylation is 1. The highest BCUT2D eigenvalue weighted by atomic mass is 35.5. The van der Waals surface area contributed by atoms with Gasteiger partial charge in [0.05, 0.1) is 0 Å². The number of aromatic nitrogens is 1. The van der Waals surface area contributed by atoms with Crippen molar-refractivity contribution in [1.82, 2.24) is 4.98 Å². The van der Waals surface area contributed by atoms with Gasteiger partial charge in [-0.25, -0.2) is 4.98 Å². The molecule has 0 fully saturated rings. The van der Waals surface area contributed by atoms with E-state index in [1.807, 2.05) is 30.8 Å². The van der Waals surface area contributed by atoms with Gasteiger partial charge in [0, 0.05) is 11.4 Å². The van der Waals surface area contributed by atoms with Crippen LogP contribution in [0.1, 0.15) is 18.2 Å². The van der Waals surface area contributed by atoms with E-state index < -0.39 is 0 Å². The molecule has 0 spiro atoms. The Balaban J connectivity index is 2.72. The zero-order valence-corrected chi connectivity index (χ0v) is 8.87. The lowest BCUT2D eigenvalue weighted by Gasteiger charge is -2.03. The van der Waals surface area contributed by atoms with Crippen LogP contribution in [0.3, 0.4) is 0 Å². The Labute approximate surface area is 82.5 Å². The monoisotopic (exact) mass is 201 g/mol. The van der Waals surface area contributed by atoms with Crippen molar-refractivity contribution in [3.05, 3.63) is 28.5 Å². The molecule has 0 saturated carbocycles. The first kappa shape index (κ1) is 9.87. The summed E-state index contributed by atoms with van der Waals surface area (Å²) in [5.41, 5.74) is 2.33. The summed E-state index contributed by atoms with van der Waals surface area (Å²) in [6, 6.07) is 3.90. The van der Waals surface area contributed by atoms with Gasteiger partial charge in [-0.15, -0.1) is 0 Å². The molecule has 0 aromatic carbocycles. The number of nitrogens with zero attached hydrogens (tertiary/aromatic N) is 1. The van der Waals surface area contributed by atoms with Crippen LogP contribution in [0.15, 0.2) is 12.1 Å². The Morgan fingerprint density at radius 3 is 2.83 bits per heavy atom. The second-order valence-corrected chi connectivity index (χ2v) is 4.18. The van der Waals surface area contributed by atoms with Crippen LogP contribution in [-0.2, 0) is 5.75 Å². The van der Waals surface area contributed by atoms with Crippen molar-refractivity contribution in [3.63, 3.8) is 0 Å². The summed E-state index contributed by atoms with van der Waals surface area (Å²) in [4.78, 5) is 4.18. The van der Waals surface area contributed by atoms with E-state index >= 15 is 0 Å². The maximum Gasteiger partial charge on any atom is 0.129 e. The predicted molar refractivity (Wildman–Crippen MR) is 55.8 cm³/mol. The number of rotatable bonds is 3. The molecule has 1 aromatic rings. The van der Waals surface area contributed by atoms with Gasteiger partial charge in [0.15, 0.2) is 0 Å². The van der Waals surface area contributed by atoms with Gasteiger partial charge < -0.3 is 0 Å². The second-order valence-electron chi connectivity index (χ2n) is 2.52. The molecule has 0 radical (unpaired) electrons. The van der Waals surface area contributed by atoms with E-state index in [4.69, 9.17) is 11.6 Å². The molecule has 3 heteroatoms. The van der Waals surface area contributed by atoms with E-state index in [0.717, 1.165) is 17.2 Å². The summed E-state index contributed by atoms with van der Waals surface area (Å²) in [5.74, 6) is 2.18. The van der Waals surface area contributed by atoms with E-state index in [-0.39, 0.29) is 0 Å². The third-order valence-electron chi connectivity index (χ3n) is 1.62. The molecule has 0 aliphatic heterocycles. The summed E-state index contributed by atoms with van der Waals surface area (Å²) < 4.78 is 0. The van der Waals surface area contributed by atoms with Crippen LogP contribution in [0, 0.1) is 6.92 Å². The zero-order valence-electron chi connectivity index (χ0n) is 7.30. The zero-order chi connectivity index (χ0) is 8.97. The maximum absolute atomic E-state index is 5.73. The summed E-state index contributed by atoms with van der Waals surface area (Å²) in [6.07, 6.45) is 0. The lowest BCUT2D eigenvalue weighted by Crippen LogP contribution is -1.90. The first-order valence-electron chi connectivity index (χ1n) is 3.93. The molecular weight excluding hydrogens is 190 g/mol. The number of pyridine rings is 1. The molecule has 1 aromatic heterocycles. The van der Waals surface area contributed by atoms with Crippen LogP contribution in [0.25, 0.3) is 0 Å². The molecule has 1 nitrogen and oxygen atoms in total. The van der Waals surface area contributed by atoms with Gasteiger partial charge in [0.25, 0.3) is 0 Å². The maximum atomic E-state index is 5.73. The molecule has 0 N–H and O–H groups in total. The summed E-state index contributed by atoms with van der Waals surface area (Å²) in [5, 5.41) is 0.581. The Kier molecular flexibility index (Phi) is 3.89. The van der Waals surface area contributed by atoms with E-state index in [0.29, 0.717) is 5.15 Å². The Morgan fingerprint density at radius 2 is 2.25 bits per heavy atom. The molecule has 0 saturated heterocycles. The molecule has 0 bridgehead atoms. The van der Waals surface area contributed by atoms with Crippen molar-refractivity contribution in [1.29, 1.82) is 0 Å². The number of thioether (sulfide) groups is 1. The van der Waals surface area contributed by atoms with Gasteiger partial charge in [-0.1, -0.05) is 24.6 Å². The molecule has 0 unspecified atom stereocenters. The fourth-order valence-electron chi connectivity index (χ4n) is 0.924.